The molecule has 2 rings (SSSR count). The van der Waals surface area contributed by atoms with Gasteiger partial charge in [0.2, 0.25) is 0 Å². The smallest absolute Gasteiger partial charge is 0.306 e. The number of carbonyl (C=O) groups is 1. The van der Waals surface area contributed by atoms with Crippen LogP contribution in [0.3, 0.4) is 0 Å². The number of rotatable bonds is 7. The van der Waals surface area contributed by atoms with Crippen molar-refractivity contribution in [1.82, 2.24) is 9.97 Å². The molecule has 5 heteroatoms. The lowest BCUT2D eigenvalue weighted by molar-refractivity contribution is -0.141. The average Bonchev–Trinajstić information content (AvgIpc) is 2.80. The highest BCUT2D eigenvalue weighted by atomic mass is 32.2. The molecule has 0 amide bonds. The molecule has 0 radical (unpaired) electrons. The molecule has 0 saturated heterocycles. The van der Waals surface area contributed by atoms with Crippen molar-refractivity contribution in [2.45, 2.75) is 18.0 Å². The van der Waals surface area contributed by atoms with Gasteiger partial charge in [-0.3, -0.25) is 4.79 Å². The number of carboxylic acid groups (broad SMARTS) is 1. The Hall–Kier alpha value is -1.75. The van der Waals surface area contributed by atoms with Gasteiger partial charge in [0, 0.05) is 5.75 Å². The lowest BCUT2D eigenvalue weighted by atomic mass is 10.0. The van der Waals surface area contributed by atoms with Crippen molar-refractivity contribution in [1.29, 1.82) is 0 Å². The van der Waals surface area contributed by atoms with E-state index in [1.807, 2.05) is 24.3 Å². The maximum Gasteiger partial charge on any atom is 0.306 e. The molecule has 2 N–H and O–H groups in total. The van der Waals surface area contributed by atoms with Gasteiger partial charge >= 0.3 is 5.97 Å². The monoisotopic (exact) mass is 276 g/mol. The minimum atomic E-state index is -0.759. The van der Waals surface area contributed by atoms with E-state index in [9.17, 15) is 4.79 Å². The molecule has 0 aliphatic rings. The number of carboxylic acids is 1. The summed E-state index contributed by atoms with van der Waals surface area (Å²) in [5.41, 5.74) is 1.94. The number of H-pyrrole nitrogens is 1. The molecule has 0 fully saturated rings. The van der Waals surface area contributed by atoms with Crippen LogP contribution >= 0.6 is 11.8 Å². The van der Waals surface area contributed by atoms with Gasteiger partial charge in [0.25, 0.3) is 0 Å². The Morgan fingerprint density at radius 1 is 1.53 bits per heavy atom. The Morgan fingerprint density at radius 3 is 3.00 bits per heavy atom. The van der Waals surface area contributed by atoms with Crippen LogP contribution < -0.4 is 0 Å². The molecule has 0 aliphatic heterocycles. The second-order valence-electron chi connectivity index (χ2n) is 4.26. The Labute approximate surface area is 115 Å². The lowest BCUT2D eigenvalue weighted by Gasteiger charge is -2.08. The summed E-state index contributed by atoms with van der Waals surface area (Å²) >= 11 is 1.55. The predicted octanol–water partition coefficient (Wildman–Crippen LogP) is 3.32. The van der Waals surface area contributed by atoms with E-state index in [2.05, 4.69) is 16.5 Å². The molecular weight excluding hydrogens is 260 g/mol. The molecule has 1 unspecified atom stereocenters. The molecule has 1 atom stereocenters. The average molecular weight is 276 g/mol. The number of hydrogen-bond acceptors (Lipinski definition) is 3. The fourth-order valence-electron chi connectivity index (χ4n) is 1.84. The van der Waals surface area contributed by atoms with Crippen molar-refractivity contribution in [2.24, 2.45) is 5.92 Å². The highest BCUT2D eigenvalue weighted by Crippen LogP contribution is 2.22. The summed E-state index contributed by atoms with van der Waals surface area (Å²) in [5, 5.41) is 9.87. The molecular formula is C14H16N2O2S. The fourth-order valence-corrected chi connectivity index (χ4v) is 2.78. The second kappa shape index (κ2) is 6.43. The molecule has 0 saturated carbocycles. The molecule has 0 spiro atoms. The van der Waals surface area contributed by atoms with Crippen LogP contribution in [-0.2, 0) is 4.79 Å². The highest BCUT2D eigenvalue weighted by Gasteiger charge is 2.15. The number of fused-ring (bicyclic) bond motifs is 1. The summed E-state index contributed by atoms with van der Waals surface area (Å²) < 4.78 is 0. The molecule has 4 nitrogen and oxygen atoms in total. The van der Waals surface area contributed by atoms with Crippen LogP contribution in [0, 0.1) is 5.92 Å². The number of imidazole rings is 1. The van der Waals surface area contributed by atoms with E-state index < -0.39 is 5.97 Å². The van der Waals surface area contributed by atoms with E-state index >= 15 is 0 Å². The first kappa shape index (κ1) is 13.7. The summed E-state index contributed by atoms with van der Waals surface area (Å²) in [6, 6.07) is 7.83. The topological polar surface area (TPSA) is 66.0 Å². The van der Waals surface area contributed by atoms with Crippen molar-refractivity contribution >= 4 is 28.8 Å². The van der Waals surface area contributed by atoms with Gasteiger partial charge in [-0.15, -0.1) is 6.58 Å². The maximum absolute atomic E-state index is 11.0. The molecule has 1 aromatic carbocycles. The molecule has 100 valence electrons. The Balaban J connectivity index is 1.91. The maximum atomic E-state index is 11.0. The predicted molar refractivity (Wildman–Crippen MR) is 77.4 cm³/mol. The summed E-state index contributed by atoms with van der Waals surface area (Å²) in [7, 11) is 0. The summed E-state index contributed by atoms with van der Waals surface area (Å²) in [6.45, 7) is 3.59. The third-order valence-corrected chi connectivity index (χ3v) is 3.78. The number of nitrogens with zero attached hydrogens (tertiary/aromatic N) is 1. The van der Waals surface area contributed by atoms with E-state index in [4.69, 9.17) is 5.11 Å². The van der Waals surface area contributed by atoms with Crippen LogP contribution in [-0.4, -0.2) is 26.8 Å². The molecule has 2 aromatic rings. The SMILES string of the molecule is C=CCC(CCSc1nc2ccccc2[nH]1)C(=O)O. The lowest BCUT2D eigenvalue weighted by Crippen LogP contribution is -2.13. The van der Waals surface area contributed by atoms with Gasteiger partial charge in [0.15, 0.2) is 5.16 Å². The van der Waals surface area contributed by atoms with E-state index in [1.165, 1.54) is 0 Å². The van der Waals surface area contributed by atoms with Crippen molar-refractivity contribution in [2.75, 3.05) is 5.75 Å². The van der Waals surface area contributed by atoms with E-state index in [-0.39, 0.29) is 5.92 Å². The first-order valence-electron chi connectivity index (χ1n) is 6.12. The third-order valence-electron chi connectivity index (χ3n) is 2.87. The fraction of sp³-hybridized carbons (Fsp3) is 0.286. The first-order valence-corrected chi connectivity index (χ1v) is 7.10. The number of aliphatic carboxylic acids is 1. The number of benzene rings is 1. The quantitative estimate of drug-likeness (QED) is 0.601. The zero-order chi connectivity index (χ0) is 13.7. The highest BCUT2D eigenvalue weighted by molar-refractivity contribution is 7.99. The summed E-state index contributed by atoms with van der Waals surface area (Å²) in [6.07, 6.45) is 2.78. The van der Waals surface area contributed by atoms with Crippen LogP contribution in [0.15, 0.2) is 42.1 Å². The van der Waals surface area contributed by atoms with Crippen LogP contribution in [0.4, 0.5) is 0 Å². The third kappa shape index (κ3) is 3.61. The number of aromatic amines is 1. The number of hydrogen-bond donors (Lipinski definition) is 2. The second-order valence-corrected chi connectivity index (χ2v) is 5.34. The van der Waals surface area contributed by atoms with Gasteiger partial charge in [-0.05, 0) is 25.0 Å². The number of thioether (sulfide) groups is 1. The Morgan fingerprint density at radius 2 is 2.32 bits per heavy atom. The first-order chi connectivity index (χ1) is 9.20. The number of allylic oxidation sites excluding steroid dienone is 1. The van der Waals surface area contributed by atoms with Crippen molar-refractivity contribution in [3.63, 3.8) is 0 Å². The van der Waals surface area contributed by atoms with Gasteiger partial charge in [-0.1, -0.05) is 30.0 Å². The largest absolute Gasteiger partial charge is 0.481 e. The van der Waals surface area contributed by atoms with Crippen molar-refractivity contribution in [3.05, 3.63) is 36.9 Å². The molecule has 1 heterocycles. The van der Waals surface area contributed by atoms with Gasteiger partial charge in [0.05, 0.1) is 17.0 Å². The van der Waals surface area contributed by atoms with Crippen LogP contribution in [0.1, 0.15) is 12.8 Å². The summed E-state index contributed by atoms with van der Waals surface area (Å²) in [5.74, 6) is -0.385. The van der Waals surface area contributed by atoms with E-state index in [0.717, 1.165) is 21.9 Å². The molecule has 1 aromatic heterocycles. The minimum absolute atomic E-state index is 0.352. The summed E-state index contributed by atoms with van der Waals surface area (Å²) in [4.78, 5) is 18.6. The van der Waals surface area contributed by atoms with Crippen LogP contribution in [0.5, 0.6) is 0 Å². The number of nitrogens with one attached hydrogen (secondary N) is 1. The van der Waals surface area contributed by atoms with Gasteiger partial charge in [-0.2, -0.15) is 0 Å². The van der Waals surface area contributed by atoms with E-state index in [0.29, 0.717) is 12.8 Å². The van der Waals surface area contributed by atoms with Crippen LogP contribution in [0.2, 0.25) is 0 Å². The Kier molecular flexibility index (Phi) is 4.63. The minimum Gasteiger partial charge on any atom is -0.481 e. The van der Waals surface area contributed by atoms with Crippen molar-refractivity contribution in [3.8, 4) is 0 Å². The zero-order valence-electron chi connectivity index (χ0n) is 10.5. The standard InChI is InChI=1S/C14H16N2O2S/c1-2-5-10(13(17)18)8-9-19-14-15-11-6-3-4-7-12(11)16-14/h2-4,6-7,10H,1,5,8-9H2,(H,15,16)(H,17,18). The van der Waals surface area contributed by atoms with Crippen LogP contribution in [0.25, 0.3) is 11.0 Å². The molecule has 0 bridgehead atoms. The van der Waals surface area contributed by atoms with Gasteiger partial charge in [0.1, 0.15) is 0 Å². The van der Waals surface area contributed by atoms with E-state index in [1.54, 1.807) is 17.8 Å². The zero-order valence-corrected chi connectivity index (χ0v) is 11.3. The van der Waals surface area contributed by atoms with Crippen molar-refractivity contribution < 1.29 is 9.90 Å². The normalized spacial score (nSPS) is 12.4. The number of aromatic nitrogens is 2. The molecule has 19 heavy (non-hydrogen) atoms. The van der Waals surface area contributed by atoms with Gasteiger partial charge in [-0.25, -0.2) is 4.98 Å². The Bertz CT molecular complexity index is 547. The van der Waals surface area contributed by atoms with Gasteiger partial charge < -0.3 is 10.1 Å². The molecule has 0 aliphatic carbocycles. The number of para-hydroxylation sites is 2.